The number of nitrogens with zero attached hydrogens (tertiary/aromatic N) is 1. The largest absolute Gasteiger partial charge is 0.486 e. The molecule has 0 saturated carbocycles. The summed E-state index contributed by atoms with van der Waals surface area (Å²) in [6.07, 6.45) is 1.43. The van der Waals surface area contributed by atoms with Crippen molar-refractivity contribution in [3.8, 4) is 5.75 Å². The number of hydrazone groups is 1. The second-order valence-electron chi connectivity index (χ2n) is 6.72. The van der Waals surface area contributed by atoms with Crippen LogP contribution in [0.4, 0.5) is 0 Å². The van der Waals surface area contributed by atoms with E-state index in [0.717, 1.165) is 15.4 Å². The monoisotopic (exact) mass is 550 g/mol. The van der Waals surface area contributed by atoms with Crippen LogP contribution in [-0.4, -0.2) is 12.1 Å². The molecule has 0 aliphatic rings. The topological polar surface area (TPSA) is 63.8 Å². The molecule has 4 aromatic rings. The second kappa shape index (κ2) is 9.96. The Morgan fingerprint density at radius 2 is 1.75 bits per heavy atom. The van der Waals surface area contributed by atoms with E-state index in [1.807, 2.05) is 24.3 Å². The number of fused-ring (bicyclic) bond motifs is 1. The van der Waals surface area contributed by atoms with Crippen LogP contribution >= 0.6 is 50.7 Å². The van der Waals surface area contributed by atoms with E-state index >= 15 is 0 Å². The third-order valence-electron chi connectivity index (χ3n) is 4.40. The highest BCUT2D eigenvalue weighted by atomic mass is 79.9. The van der Waals surface area contributed by atoms with Gasteiger partial charge in [-0.1, -0.05) is 62.9 Å². The summed E-state index contributed by atoms with van der Waals surface area (Å²) in [7, 11) is 0. The van der Waals surface area contributed by atoms with Gasteiger partial charge in [0.05, 0.1) is 16.3 Å². The molecule has 162 valence electrons. The number of furan rings is 1. The van der Waals surface area contributed by atoms with E-state index in [1.54, 1.807) is 36.4 Å². The van der Waals surface area contributed by atoms with Gasteiger partial charge in [0, 0.05) is 14.9 Å². The van der Waals surface area contributed by atoms with Gasteiger partial charge in [0.2, 0.25) is 0 Å². The number of carbonyl (C=O) groups excluding carboxylic acids is 1. The zero-order chi connectivity index (χ0) is 22.7. The van der Waals surface area contributed by atoms with Gasteiger partial charge in [0.15, 0.2) is 11.5 Å². The lowest BCUT2D eigenvalue weighted by molar-refractivity contribution is 0.0929. The molecule has 0 radical (unpaired) electrons. The van der Waals surface area contributed by atoms with Crippen LogP contribution in [0.2, 0.25) is 15.1 Å². The predicted octanol–water partition coefficient (Wildman–Crippen LogP) is 7.50. The number of halogens is 4. The van der Waals surface area contributed by atoms with Crippen LogP contribution in [0.1, 0.15) is 21.7 Å². The van der Waals surface area contributed by atoms with E-state index in [0.29, 0.717) is 32.0 Å². The molecular formula is C23H14BrCl3N2O3. The fourth-order valence-corrected chi connectivity index (χ4v) is 3.99. The molecule has 3 aromatic carbocycles. The zero-order valence-electron chi connectivity index (χ0n) is 16.2. The smallest absolute Gasteiger partial charge is 0.307 e. The summed E-state index contributed by atoms with van der Waals surface area (Å²) in [5.74, 6) is 0.0313. The van der Waals surface area contributed by atoms with Gasteiger partial charge in [-0.2, -0.15) is 5.10 Å². The molecular weight excluding hydrogens is 539 g/mol. The van der Waals surface area contributed by atoms with Crippen molar-refractivity contribution in [3.63, 3.8) is 0 Å². The number of ether oxygens (including phenoxy) is 1. The van der Waals surface area contributed by atoms with E-state index < -0.39 is 5.91 Å². The third-order valence-corrected chi connectivity index (χ3v) is 5.71. The van der Waals surface area contributed by atoms with Crippen LogP contribution in [0.15, 0.2) is 74.7 Å². The van der Waals surface area contributed by atoms with Crippen LogP contribution in [0.5, 0.6) is 5.75 Å². The van der Waals surface area contributed by atoms with E-state index in [-0.39, 0.29) is 12.4 Å². The summed E-state index contributed by atoms with van der Waals surface area (Å²) in [6.45, 7) is 0.286. The maximum atomic E-state index is 12.3. The molecule has 32 heavy (non-hydrogen) atoms. The number of amides is 1. The molecule has 1 aromatic heterocycles. The minimum Gasteiger partial charge on any atom is -0.486 e. The van der Waals surface area contributed by atoms with Crippen LogP contribution < -0.4 is 10.2 Å². The highest BCUT2D eigenvalue weighted by molar-refractivity contribution is 9.10. The average Bonchev–Trinajstić information content (AvgIpc) is 3.18. The molecule has 1 N–H and O–H groups in total. The van der Waals surface area contributed by atoms with Crippen molar-refractivity contribution in [2.24, 2.45) is 5.10 Å². The van der Waals surface area contributed by atoms with Crippen molar-refractivity contribution >= 4 is 73.8 Å². The highest BCUT2D eigenvalue weighted by Gasteiger charge is 2.12. The van der Waals surface area contributed by atoms with Crippen LogP contribution in [0.3, 0.4) is 0 Å². The fourth-order valence-electron chi connectivity index (χ4n) is 2.87. The second-order valence-corrected chi connectivity index (χ2v) is 8.89. The first-order valence-electron chi connectivity index (χ1n) is 9.28. The van der Waals surface area contributed by atoms with Gasteiger partial charge in [-0.3, -0.25) is 4.79 Å². The number of hydrogen-bond acceptors (Lipinski definition) is 4. The molecule has 9 heteroatoms. The minimum absolute atomic E-state index is 0.150. The molecule has 0 fully saturated rings. The Bertz CT molecular complexity index is 1300. The molecule has 0 saturated heterocycles. The highest BCUT2D eigenvalue weighted by Crippen LogP contribution is 2.34. The van der Waals surface area contributed by atoms with Crippen LogP contribution in [0, 0.1) is 0 Å². The average molecular weight is 553 g/mol. The number of hydrogen-bond donors (Lipinski definition) is 1. The Labute approximate surface area is 207 Å². The van der Waals surface area contributed by atoms with Gasteiger partial charge in [-0.05, 0) is 59.7 Å². The number of carbonyl (C=O) groups is 1. The maximum Gasteiger partial charge on any atom is 0.307 e. The van der Waals surface area contributed by atoms with Crippen molar-refractivity contribution in [1.82, 2.24) is 5.43 Å². The third kappa shape index (κ3) is 5.45. The van der Waals surface area contributed by atoms with E-state index in [9.17, 15) is 4.79 Å². The molecule has 0 bridgehead atoms. The Morgan fingerprint density at radius 1 is 1.03 bits per heavy atom. The van der Waals surface area contributed by atoms with Crippen molar-refractivity contribution < 1.29 is 13.9 Å². The molecule has 4 rings (SSSR count). The Kier molecular flexibility index (Phi) is 7.06. The van der Waals surface area contributed by atoms with Gasteiger partial charge in [-0.15, -0.1) is 0 Å². The maximum absolute atomic E-state index is 12.3. The van der Waals surface area contributed by atoms with Crippen LogP contribution in [0.25, 0.3) is 11.0 Å². The van der Waals surface area contributed by atoms with Crippen molar-refractivity contribution in [2.75, 3.05) is 0 Å². The van der Waals surface area contributed by atoms with Gasteiger partial charge in [0.25, 0.3) is 0 Å². The lowest BCUT2D eigenvalue weighted by Crippen LogP contribution is -2.16. The first-order valence-corrected chi connectivity index (χ1v) is 11.2. The van der Waals surface area contributed by atoms with Gasteiger partial charge in [0.1, 0.15) is 12.2 Å². The SMILES string of the molecule is O=C(N/N=C/c1cc(Cl)c(OCc2ccc(Cl)cc2)c(Cl)c1)c1cc2cc(Br)ccc2o1. The van der Waals surface area contributed by atoms with E-state index in [2.05, 4.69) is 26.5 Å². The molecule has 0 unspecified atom stereocenters. The Hall–Kier alpha value is -2.51. The van der Waals surface area contributed by atoms with Crippen molar-refractivity contribution in [3.05, 3.63) is 97.1 Å². The zero-order valence-corrected chi connectivity index (χ0v) is 20.1. The number of benzene rings is 3. The summed E-state index contributed by atoms with van der Waals surface area (Å²) in [5, 5.41) is 6.05. The molecule has 0 spiro atoms. The molecule has 0 aliphatic carbocycles. The fraction of sp³-hybridized carbons (Fsp3) is 0.0435. The Morgan fingerprint density at radius 3 is 2.47 bits per heavy atom. The first-order chi connectivity index (χ1) is 15.4. The van der Waals surface area contributed by atoms with E-state index in [1.165, 1.54) is 6.21 Å². The van der Waals surface area contributed by atoms with Crippen molar-refractivity contribution in [1.29, 1.82) is 0 Å². The molecule has 1 heterocycles. The predicted molar refractivity (Wildman–Crippen MR) is 131 cm³/mol. The van der Waals surface area contributed by atoms with Gasteiger partial charge >= 0.3 is 5.91 Å². The standard InChI is InChI=1S/C23H14BrCl3N2O3/c24-16-3-6-20-15(9-16)10-21(32-20)23(30)29-28-11-14-7-18(26)22(19(27)8-14)31-12-13-1-4-17(25)5-2-13/h1-11H,12H2,(H,29,30)/b28-11+. The Balaban J connectivity index is 1.41. The molecule has 0 atom stereocenters. The summed E-state index contributed by atoms with van der Waals surface area (Å²) in [5.41, 5.74) is 4.55. The summed E-state index contributed by atoms with van der Waals surface area (Å²) in [6, 6.07) is 17.7. The van der Waals surface area contributed by atoms with Gasteiger partial charge in [-0.25, -0.2) is 5.43 Å². The number of nitrogens with one attached hydrogen (secondary N) is 1. The molecule has 5 nitrogen and oxygen atoms in total. The van der Waals surface area contributed by atoms with Crippen molar-refractivity contribution in [2.45, 2.75) is 6.61 Å². The summed E-state index contributed by atoms with van der Waals surface area (Å²) in [4.78, 5) is 12.3. The lowest BCUT2D eigenvalue weighted by Gasteiger charge is -2.11. The summed E-state index contributed by atoms with van der Waals surface area (Å²) >= 11 is 21.9. The normalized spacial score (nSPS) is 11.2. The lowest BCUT2D eigenvalue weighted by atomic mass is 10.2. The quantitative estimate of drug-likeness (QED) is 0.199. The minimum atomic E-state index is -0.478. The first kappa shape index (κ1) is 22.7. The summed E-state index contributed by atoms with van der Waals surface area (Å²) < 4.78 is 12.2. The molecule has 0 aliphatic heterocycles. The van der Waals surface area contributed by atoms with Crippen LogP contribution in [-0.2, 0) is 6.61 Å². The van der Waals surface area contributed by atoms with E-state index in [4.69, 9.17) is 44.0 Å². The molecule has 1 amide bonds. The van der Waals surface area contributed by atoms with Gasteiger partial charge < -0.3 is 9.15 Å². The number of rotatable bonds is 6.